The highest BCUT2D eigenvalue weighted by Gasteiger charge is 2.26. The number of rotatable bonds is 1. The van der Waals surface area contributed by atoms with Crippen LogP contribution in [0.2, 0.25) is 0 Å². The molecule has 0 saturated carbocycles. The molecule has 0 bridgehead atoms. The number of hydrogen-bond acceptors (Lipinski definition) is 2. The van der Waals surface area contributed by atoms with Crippen molar-refractivity contribution in [2.75, 3.05) is 0 Å². The Kier molecular flexibility index (Phi) is 2.00. The number of hydroxylamine groups is 1. The lowest BCUT2D eigenvalue weighted by Crippen LogP contribution is -2.36. The van der Waals surface area contributed by atoms with Crippen LogP contribution in [0.1, 0.15) is 17.0 Å². The molecule has 0 aromatic heterocycles. The number of benzene rings is 1. The van der Waals surface area contributed by atoms with Crippen molar-refractivity contribution in [1.29, 1.82) is 0 Å². The number of aryl methyl sites for hydroxylation is 1. The molecule has 72 valence electrons. The lowest BCUT2D eigenvalue weighted by atomic mass is 9.95. The SMILES string of the molecule is C=CC1C(=O)NOc2ccc(C)cc21. The zero-order valence-corrected chi connectivity index (χ0v) is 7.91. The lowest BCUT2D eigenvalue weighted by molar-refractivity contribution is -0.129. The highest BCUT2D eigenvalue weighted by Crippen LogP contribution is 2.31. The first-order valence-corrected chi connectivity index (χ1v) is 4.42. The van der Waals surface area contributed by atoms with Gasteiger partial charge in [-0.3, -0.25) is 4.79 Å². The second-order valence-corrected chi connectivity index (χ2v) is 3.32. The van der Waals surface area contributed by atoms with Crippen LogP contribution in [0, 0.1) is 6.92 Å². The van der Waals surface area contributed by atoms with Gasteiger partial charge in [0.2, 0.25) is 0 Å². The summed E-state index contributed by atoms with van der Waals surface area (Å²) in [6.45, 7) is 5.63. The average Bonchev–Trinajstić information content (AvgIpc) is 2.17. The molecule has 14 heavy (non-hydrogen) atoms. The molecule has 0 aliphatic carbocycles. The summed E-state index contributed by atoms with van der Waals surface area (Å²) in [5.74, 6) is 0.219. The maximum atomic E-state index is 11.4. The van der Waals surface area contributed by atoms with E-state index in [0.29, 0.717) is 5.75 Å². The van der Waals surface area contributed by atoms with Gasteiger partial charge in [-0.2, -0.15) is 5.48 Å². The molecular weight excluding hydrogens is 178 g/mol. The summed E-state index contributed by atoms with van der Waals surface area (Å²) < 4.78 is 0. The van der Waals surface area contributed by atoms with Gasteiger partial charge < -0.3 is 4.84 Å². The molecule has 1 amide bonds. The van der Waals surface area contributed by atoms with E-state index in [1.165, 1.54) is 0 Å². The van der Waals surface area contributed by atoms with Crippen molar-refractivity contribution in [3.8, 4) is 5.75 Å². The summed E-state index contributed by atoms with van der Waals surface area (Å²) in [4.78, 5) is 16.5. The van der Waals surface area contributed by atoms with Crippen LogP contribution in [-0.4, -0.2) is 5.91 Å². The monoisotopic (exact) mass is 189 g/mol. The molecule has 1 aromatic rings. The van der Waals surface area contributed by atoms with Gasteiger partial charge in [-0.15, -0.1) is 6.58 Å². The molecule has 0 fully saturated rings. The van der Waals surface area contributed by atoms with Gasteiger partial charge in [0.1, 0.15) is 0 Å². The fraction of sp³-hybridized carbons (Fsp3) is 0.182. The lowest BCUT2D eigenvalue weighted by Gasteiger charge is -2.22. The van der Waals surface area contributed by atoms with Gasteiger partial charge in [-0.05, 0) is 13.0 Å². The molecule has 3 heteroatoms. The van der Waals surface area contributed by atoms with Crippen LogP contribution in [-0.2, 0) is 4.79 Å². The van der Waals surface area contributed by atoms with Gasteiger partial charge in [-0.25, -0.2) is 0 Å². The number of amides is 1. The average molecular weight is 189 g/mol. The van der Waals surface area contributed by atoms with Gasteiger partial charge in [0.25, 0.3) is 5.91 Å². The van der Waals surface area contributed by atoms with E-state index in [-0.39, 0.29) is 11.8 Å². The molecule has 1 heterocycles. The van der Waals surface area contributed by atoms with Crippen LogP contribution in [0.5, 0.6) is 5.75 Å². The maximum Gasteiger partial charge on any atom is 0.264 e. The van der Waals surface area contributed by atoms with Crippen LogP contribution >= 0.6 is 0 Å². The molecule has 0 saturated heterocycles. The Morgan fingerprint density at radius 2 is 2.36 bits per heavy atom. The summed E-state index contributed by atoms with van der Waals surface area (Å²) in [6, 6.07) is 5.73. The first-order valence-electron chi connectivity index (χ1n) is 4.42. The number of carbonyl (C=O) groups excluding carboxylic acids is 1. The van der Waals surface area contributed by atoms with Gasteiger partial charge in [-0.1, -0.05) is 23.8 Å². The summed E-state index contributed by atoms with van der Waals surface area (Å²) in [7, 11) is 0. The van der Waals surface area contributed by atoms with Crippen molar-refractivity contribution in [2.45, 2.75) is 12.8 Å². The van der Waals surface area contributed by atoms with Crippen molar-refractivity contribution in [3.05, 3.63) is 42.0 Å². The van der Waals surface area contributed by atoms with Crippen molar-refractivity contribution in [1.82, 2.24) is 5.48 Å². The van der Waals surface area contributed by atoms with Crippen LogP contribution in [0.4, 0.5) is 0 Å². The first kappa shape index (κ1) is 8.81. The quantitative estimate of drug-likeness (QED) is 0.683. The molecule has 1 aliphatic heterocycles. The second-order valence-electron chi connectivity index (χ2n) is 3.32. The van der Waals surface area contributed by atoms with Gasteiger partial charge in [0.05, 0.1) is 5.92 Å². The largest absolute Gasteiger partial charge is 0.379 e. The van der Waals surface area contributed by atoms with Crippen molar-refractivity contribution >= 4 is 5.91 Å². The van der Waals surface area contributed by atoms with Crippen molar-refractivity contribution in [3.63, 3.8) is 0 Å². The molecule has 0 radical (unpaired) electrons. The van der Waals surface area contributed by atoms with Crippen molar-refractivity contribution < 1.29 is 9.63 Å². The van der Waals surface area contributed by atoms with Gasteiger partial charge in [0, 0.05) is 5.56 Å². The minimum Gasteiger partial charge on any atom is -0.379 e. The Bertz CT molecular complexity index is 398. The first-order chi connectivity index (χ1) is 6.72. The summed E-state index contributed by atoms with van der Waals surface area (Å²) in [6.07, 6.45) is 1.62. The Labute approximate surface area is 82.3 Å². The zero-order chi connectivity index (χ0) is 10.1. The van der Waals surface area contributed by atoms with Gasteiger partial charge in [0.15, 0.2) is 5.75 Å². The van der Waals surface area contributed by atoms with Crippen LogP contribution < -0.4 is 10.3 Å². The summed E-state index contributed by atoms with van der Waals surface area (Å²) in [5, 5.41) is 0. The normalized spacial score (nSPS) is 19.2. The molecule has 1 N–H and O–H groups in total. The van der Waals surface area contributed by atoms with Crippen LogP contribution in [0.15, 0.2) is 30.9 Å². The van der Waals surface area contributed by atoms with E-state index in [2.05, 4.69) is 12.1 Å². The number of hydrogen-bond donors (Lipinski definition) is 1. The fourth-order valence-corrected chi connectivity index (χ4v) is 1.55. The third kappa shape index (κ3) is 1.27. The van der Waals surface area contributed by atoms with E-state index in [9.17, 15) is 4.79 Å². The molecule has 2 rings (SSSR count). The van der Waals surface area contributed by atoms with E-state index in [1.807, 2.05) is 25.1 Å². The number of carbonyl (C=O) groups is 1. The Morgan fingerprint density at radius 3 is 3.07 bits per heavy atom. The molecule has 1 unspecified atom stereocenters. The molecule has 3 nitrogen and oxygen atoms in total. The fourth-order valence-electron chi connectivity index (χ4n) is 1.55. The van der Waals surface area contributed by atoms with E-state index in [0.717, 1.165) is 11.1 Å². The number of nitrogens with one attached hydrogen (secondary N) is 1. The molecular formula is C11H11NO2. The van der Waals surface area contributed by atoms with E-state index < -0.39 is 0 Å². The minimum atomic E-state index is -0.307. The zero-order valence-electron chi connectivity index (χ0n) is 7.91. The van der Waals surface area contributed by atoms with Crippen LogP contribution in [0.25, 0.3) is 0 Å². The topological polar surface area (TPSA) is 38.3 Å². The minimum absolute atomic E-state index is 0.168. The number of fused-ring (bicyclic) bond motifs is 1. The highest BCUT2D eigenvalue weighted by atomic mass is 16.7. The summed E-state index contributed by atoms with van der Waals surface area (Å²) >= 11 is 0. The summed E-state index contributed by atoms with van der Waals surface area (Å²) in [5.41, 5.74) is 4.33. The highest BCUT2D eigenvalue weighted by molar-refractivity contribution is 5.87. The van der Waals surface area contributed by atoms with E-state index >= 15 is 0 Å². The van der Waals surface area contributed by atoms with E-state index in [1.54, 1.807) is 6.08 Å². The molecule has 0 spiro atoms. The third-order valence-corrected chi connectivity index (χ3v) is 2.28. The van der Waals surface area contributed by atoms with E-state index in [4.69, 9.17) is 4.84 Å². The molecule has 1 atom stereocenters. The molecule has 1 aliphatic rings. The molecule has 1 aromatic carbocycles. The predicted octanol–water partition coefficient (Wildman–Crippen LogP) is 1.69. The maximum absolute atomic E-state index is 11.4. The van der Waals surface area contributed by atoms with Gasteiger partial charge >= 0.3 is 0 Å². The Hall–Kier alpha value is -1.77. The third-order valence-electron chi connectivity index (χ3n) is 2.28. The Balaban J connectivity index is 2.54. The van der Waals surface area contributed by atoms with Crippen LogP contribution in [0.3, 0.4) is 0 Å². The smallest absolute Gasteiger partial charge is 0.264 e. The standard InChI is InChI=1S/C11H11NO2/c1-3-8-9-6-7(2)4-5-10(9)14-12-11(8)13/h3-6,8H,1H2,2H3,(H,12,13). The second kappa shape index (κ2) is 3.18. The van der Waals surface area contributed by atoms with Crippen molar-refractivity contribution in [2.24, 2.45) is 0 Å². The predicted molar refractivity (Wildman–Crippen MR) is 52.9 cm³/mol. The Morgan fingerprint density at radius 1 is 1.57 bits per heavy atom.